The van der Waals surface area contributed by atoms with Crippen LogP contribution in [0.5, 0.6) is 0 Å². The average molecular weight is 298 g/mol. The third kappa shape index (κ3) is 3.36. The van der Waals surface area contributed by atoms with Gasteiger partial charge in [0.2, 0.25) is 0 Å². The molecule has 0 aliphatic carbocycles. The number of nitrogens with one attached hydrogen (secondary N) is 1. The molecule has 0 spiro atoms. The smallest absolute Gasteiger partial charge is 0.128 e. The van der Waals surface area contributed by atoms with Crippen molar-refractivity contribution in [3.8, 4) is 0 Å². The number of rotatable bonds is 7. The van der Waals surface area contributed by atoms with Crippen LogP contribution in [0.25, 0.3) is 0 Å². The SMILES string of the molecule is CC1(CNOCc2ccccc2)[C@@H](O)N1Cc1ccccc1. The Labute approximate surface area is 131 Å². The molecule has 1 aliphatic rings. The third-order valence-corrected chi connectivity index (χ3v) is 4.25. The van der Waals surface area contributed by atoms with Crippen molar-refractivity contribution in [2.45, 2.75) is 31.8 Å². The van der Waals surface area contributed by atoms with Gasteiger partial charge in [-0.1, -0.05) is 60.7 Å². The van der Waals surface area contributed by atoms with Crippen LogP contribution in [0, 0.1) is 0 Å². The van der Waals surface area contributed by atoms with Crippen molar-refractivity contribution < 1.29 is 9.94 Å². The molecular weight excluding hydrogens is 276 g/mol. The van der Waals surface area contributed by atoms with Gasteiger partial charge in [-0.05, 0) is 18.1 Å². The summed E-state index contributed by atoms with van der Waals surface area (Å²) in [5, 5.41) is 10.2. The second-order valence-electron chi connectivity index (χ2n) is 5.94. The maximum atomic E-state index is 10.2. The predicted molar refractivity (Wildman–Crippen MR) is 85.6 cm³/mol. The number of aliphatic hydroxyl groups excluding tert-OH is 1. The lowest BCUT2D eigenvalue weighted by atomic mass is 10.2. The summed E-state index contributed by atoms with van der Waals surface area (Å²) < 4.78 is 0. The van der Waals surface area contributed by atoms with Crippen LogP contribution in [-0.2, 0) is 18.0 Å². The van der Waals surface area contributed by atoms with Crippen LogP contribution in [0.4, 0.5) is 0 Å². The molecule has 0 saturated carbocycles. The molecule has 3 atom stereocenters. The fourth-order valence-electron chi connectivity index (χ4n) is 2.63. The summed E-state index contributed by atoms with van der Waals surface area (Å²) in [6, 6.07) is 20.2. The largest absolute Gasteiger partial charge is 0.376 e. The zero-order valence-corrected chi connectivity index (χ0v) is 12.8. The lowest BCUT2D eigenvalue weighted by Crippen LogP contribution is -2.31. The summed E-state index contributed by atoms with van der Waals surface area (Å²) in [6.45, 7) is 3.90. The van der Waals surface area contributed by atoms with E-state index in [4.69, 9.17) is 4.84 Å². The Morgan fingerprint density at radius 1 is 1.05 bits per heavy atom. The second kappa shape index (κ2) is 6.58. The first-order valence-corrected chi connectivity index (χ1v) is 7.57. The number of benzene rings is 2. The summed E-state index contributed by atoms with van der Waals surface area (Å²) in [4.78, 5) is 7.55. The van der Waals surface area contributed by atoms with Crippen molar-refractivity contribution in [2.75, 3.05) is 6.54 Å². The minimum atomic E-state index is -0.430. The highest BCUT2D eigenvalue weighted by molar-refractivity contribution is 5.19. The molecular formula is C18H22N2O2. The van der Waals surface area contributed by atoms with E-state index in [9.17, 15) is 5.11 Å². The summed E-state index contributed by atoms with van der Waals surface area (Å²) in [5.74, 6) is 0. The fourth-order valence-corrected chi connectivity index (χ4v) is 2.63. The van der Waals surface area contributed by atoms with Gasteiger partial charge in [-0.25, -0.2) is 5.48 Å². The number of nitrogens with zero attached hydrogens (tertiary/aromatic N) is 1. The Hall–Kier alpha value is -1.72. The summed E-state index contributed by atoms with van der Waals surface area (Å²) in [6.07, 6.45) is -0.430. The van der Waals surface area contributed by atoms with Gasteiger partial charge in [-0.2, -0.15) is 0 Å². The Morgan fingerprint density at radius 3 is 2.27 bits per heavy atom. The zero-order chi connectivity index (χ0) is 15.4. The second-order valence-corrected chi connectivity index (χ2v) is 5.94. The first kappa shape index (κ1) is 15.2. The normalized spacial score (nSPS) is 26.8. The molecule has 22 heavy (non-hydrogen) atoms. The first-order chi connectivity index (χ1) is 10.7. The maximum Gasteiger partial charge on any atom is 0.128 e. The number of hydroxylamine groups is 1. The van der Waals surface area contributed by atoms with Crippen LogP contribution in [0.2, 0.25) is 0 Å². The van der Waals surface area contributed by atoms with E-state index >= 15 is 0 Å². The highest BCUT2D eigenvalue weighted by Gasteiger charge is 2.58. The van der Waals surface area contributed by atoms with Gasteiger partial charge in [-0.15, -0.1) is 0 Å². The Kier molecular flexibility index (Phi) is 4.55. The van der Waals surface area contributed by atoms with E-state index in [1.165, 1.54) is 5.56 Å². The lowest BCUT2D eigenvalue weighted by molar-refractivity contribution is 0.0195. The van der Waals surface area contributed by atoms with Gasteiger partial charge in [0, 0.05) is 13.1 Å². The van der Waals surface area contributed by atoms with Crippen LogP contribution in [0.15, 0.2) is 60.7 Å². The number of aliphatic hydroxyl groups is 1. The Bertz CT molecular complexity index is 591. The molecule has 1 saturated heterocycles. The van der Waals surface area contributed by atoms with Crippen molar-refractivity contribution in [2.24, 2.45) is 0 Å². The maximum absolute atomic E-state index is 10.2. The molecule has 1 fully saturated rings. The van der Waals surface area contributed by atoms with Gasteiger partial charge in [-0.3, -0.25) is 9.74 Å². The van der Waals surface area contributed by atoms with Gasteiger partial charge in [0.25, 0.3) is 0 Å². The predicted octanol–water partition coefficient (Wildman–Crippen LogP) is 2.30. The van der Waals surface area contributed by atoms with Crippen molar-refractivity contribution >= 4 is 0 Å². The van der Waals surface area contributed by atoms with Crippen molar-refractivity contribution in [1.29, 1.82) is 0 Å². The van der Waals surface area contributed by atoms with Crippen molar-refractivity contribution in [3.05, 3.63) is 71.8 Å². The monoisotopic (exact) mass is 298 g/mol. The average Bonchev–Trinajstić information content (AvgIpc) is 3.07. The molecule has 1 aliphatic heterocycles. The molecule has 0 amide bonds. The topological polar surface area (TPSA) is 44.5 Å². The van der Waals surface area contributed by atoms with Crippen LogP contribution in [0.1, 0.15) is 18.1 Å². The minimum absolute atomic E-state index is 0.271. The van der Waals surface area contributed by atoms with Crippen molar-refractivity contribution in [3.63, 3.8) is 0 Å². The molecule has 0 bridgehead atoms. The van der Waals surface area contributed by atoms with E-state index in [0.29, 0.717) is 13.2 Å². The standard InChI is InChI=1S/C18H22N2O2/c1-18(14-19-22-13-16-10-6-3-7-11-16)17(21)20(18)12-15-8-4-2-5-9-15/h2-11,17,19,21H,12-14H2,1H3/t17-,18?,20?/m1/s1. The van der Waals surface area contributed by atoms with E-state index in [1.54, 1.807) is 0 Å². The van der Waals surface area contributed by atoms with Gasteiger partial charge in [0.1, 0.15) is 6.23 Å². The molecule has 2 aromatic carbocycles. The van der Waals surface area contributed by atoms with E-state index in [0.717, 1.165) is 12.1 Å². The van der Waals surface area contributed by atoms with Gasteiger partial charge >= 0.3 is 0 Å². The number of hydrogen-bond acceptors (Lipinski definition) is 4. The first-order valence-electron chi connectivity index (χ1n) is 7.57. The van der Waals surface area contributed by atoms with E-state index < -0.39 is 6.23 Å². The minimum Gasteiger partial charge on any atom is -0.376 e. The molecule has 0 radical (unpaired) electrons. The van der Waals surface area contributed by atoms with E-state index in [1.807, 2.05) is 55.5 Å². The van der Waals surface area contributed by atoms with Gasteiger partial charge in [0.05, 0.1) is 12.1 Å². The summed E-state index contributed by atoms with van der Waals surface area (Å²) >= 11 is 0. The molecule has 116 valence electrons. The van der Waals surface area contributed by atoms with Crippen LogP contribution >= 0.6 is 0 Å². The fraction of sp³-hybridized carbons (Fsp3) is 0.333. The Morgan fingerprint density at radius 2 is 1.64 bits per heavy atom. The molecule has 3 rings (SSSR count). The quantitative estimate of drug-likeness (QED) is 0.468. The molecule has 2 aromatic rings. The van der Waals surface area contributed by atoms with E-state index in [2.05, 4.69) is 22.5 Å². The highest BCUT2D eigenvalue weighted by atomic mass is 16.6. The molecule has 4 nitrogen and oxygen atoms in total. The molecule has 2 unspecified atom stereocenters. The van der Waals surface area contributed by atoms with Crippen LogP contribution < -0.4 is 5.48 Å². The highest BCUT2D eigenvalue weighted by Crippen LogP contribution is 2.39. The molecule has 1 heterocycles. The van der Waals surface area contributed by atoms with E-state index in [-0.39, 0.29) is 5.54 Å². The van der Waals surface area contributed by atoms with Gasteiger partial charge < -0.3 is 5.11 Å². The van der Waals surface area contributed by atoms with Crippen LogP contribution in [-0.4, -0.2) is 28.3 Å². The van der Waals surface area contributed by atoms with Gasteiger partial charge in [0.15, 0.2) is 0 Å². The molecule has 4 heteroatoms. The third-order valence-electron chi connectivity index (χ3n) is 4.25. The molecule has 2 N–H and O–H groups in total. The number of hydrogen-bond donors (Lipinski definition) is 2. The Balaban J connectivity index is 1.44. The zero-order valence-electron chi connectivity index (χ0n) is 12.8. The van der Waals surface area contributed by atoms with Crippen LogP contribution in [0.3, 0.4) is 0 Å². The summed E-state index contributed by atoms with van der Waals surface area (Å²) in [7, 11) is 0. The lowest BCUT2D eigenvalue weighted by Gasteiger charge is -2.13. The summed E-state index contributed by atoms with van der Waals surface area (Å²) in [5.41, 5.74) is 5.04. The van der Waals surface area contributed by atoms with Crippen molar-refractivity contribution in [1.82, 2.24) is 10.4 Å². The molecule has 0 aromatic heterocycles.